The van der Waals surface area contributed by atoms with Crippen molar-refractivity contribution in [3.8, 4) is 11.3 Å². The van der Waals surface area contributed by atoms with Gasteiger partial charge in [0.2, 0.25) is 0 Å². The van der Waals surface area contributed by atoms with Gasteiger partial charge in [-0.25, -0.2) is 4.98 Å². The lowest BCUT2D eigenvalue weighted by Gasteiger charge is -2.07. The van der Waals surface area contributed by atoms with Crippen molar-refractivity contribution in [1.29, 1.82) is 0 Å². The second kappa shape index (κ2) is 6.60. The minimum absolute atomic E-state index is 0.212. The molecule has 0 bridgehead atoms. The summed E-state index contributed by atoms with van der Waals surface area (Å²) in [5.41, 5.74) is 2.96. The summed E-state index contributed by atoms with van der Waals surface area (Å²) in [7, 11) is 0. The van der Waals surface area contributed by atoms with E-state index in [2.05, 4.69) is 15.5 Å². The Morgan fingerprint density at radius 3 is 2.60 bits per heavy atom. The van der Waals surface area contributed by atoms with Crippen LogP contribution in [0.15, 0.2) is 76.8 Å². The number of hydrogen-bond donors (Lipinski definition) is 1. The summed E-state index contributed by atoms with van der Waals surface area (Å²) in [6.07, 6.45) is 3.26. The van der Waals surface area contributed by atoms with Gasteiger partial charge in [-0.3, -0.25) is 4.79 Å². The molecule has 0 fully saturated rings. The van der Waals surface area contributed by atoms with Gasteiger partial charge < -0.3 is 14.6 Å². The summed E-state index contributed by atoms with van der Waals surface area (Å²) in [6, 6.07) is 17.1. The summed E-state index contributed by atoms with van der Waals surface area (Å²) in [4.78, 5) is 21.6. The number of amides is 1. The quantitative estimate of drug-likeness (QED) is 0.788. The lowest BCUT2D eigenvalue weighted by atomic mass is 10.0. The van der Waals surface area contributed by atoms with Crippen molar-refractivity contribution in [3.63, 3.8) is 0 Å². The zero-order valence-corrected chi connectivity index (χ0v) is 13.3. The molecule has 1 aliphatic heterocycles. The first kappa shape index (κ1) is 15.1. The molecule has 3 aromatic rings. The first-order chi connectivity index (χ1) is 12.3. The number of carbonyl (C=O) groups is 1. The number of hydrogen-bond acceptors (Lipinski definition) is 5. The topological polar surface area (TPSA) is 76.7 Å². The van der Waals surface area contributed by atoms with Crippen molar-refractivity contribution in [2.45, 2.75) is 12.5 Å². The number of carbonyl (C=O) groups excluding carboxylic acids is 1. The number of aromatic nitrogens is 1. The SMILES string of the molecule is O=C(Nc1ccc(-c2cnco2)cc1)C1=NO[C@@H](c2ccccc2)C1. The molecule has 25 heavy (non-hydrogen) atoms. The Labute approximate surface area is 144 Å². The summed E-state index contributed by atoms with van der Waals surface area (Å²) < 4.78 is 5.24. The number of nitrogens with one attached hydrogen (secondary N) is 1. The first-order valence-electron chi connectivity index (χ1n) is 7.87. The zero-order chi connectivity index (χ0) is 17.1. The Morgan fingerprint density at radius 2 is 1.88 bits per heavy atom. The molecular formula is C19H15N3O3. The first-order valence-corrected chi connectivity index (χ1v) is 7.87. The Balaban J connectivity index is 1.39. The highest BCUT2D eigenvalue weighted by molar-refractivity contribution is 6.43. The second-order valence-electron chi connectivity index (χ2n) is 5.64. The van der Waals surface area contributed by atoms with Gasteiger partial charge in [-0.05, 0) is 29.8 Å². The third-order valence-corrected chi connectivity index (χ3v) is 3.96. The van der Waals surface area contributed by atoms with E-state index < -0.39 is 0 Å². The molecular weight excluding hydrogens is 318 g/mol. The van der Waals surface area contributed by atoms with Gasteiger partial charge >= 0.3 is 0 Å². The van der Waals surface area contributed by atoms with E-state index in [0.717, 1.165) is 11.1 Å². The Bertz CT molecular complexity index is 887. The van der Waals surface area contributed by atoms with E-state index in [-0.39, 0.29) is 12.0 Å². The highest BCUT2D eigenvalue weighted by Gasteiger charge is 2.27. The zero-order valence-electron chi connectivity index (χ0n) is 13.3. The Kier molecular flexibility index (Phi) is 4.00. The average Bonchev–Trinajstić information content (AvgIpc) is 3.35. The number of nitrogens with zero attached hydrogens (tertiary/aromatic N) is 2. The maximum Gasteiger partial charge on any atom is 0.273 e. The molecule has 0 saturated heterocycles. The lowest BCUT2D eigenvalue weighted by Crippen LogP contribution is -2.21. The van der Waals surface area contributed by atoms with Crippen LogP contribution in [0.5, 0.6) is 0 Å². The van der Waals surface area contributed by atoms with Crippen LogP contribution in [0.25, 0.3) is 11.3 Å². The third-order valence-electron chi connectivity index (χ3n) is 3.96. The van der Waals surface area contributed by atoms with Gasteiger partial charge in [0.05, 0.1) is 6.20 Å². The predicted molar refractivity (Wildman–Crippen MR) is 92.9 cm³/mol. The van der Waals surface area contributed by atoms with E-state index in [0.29, 0.717) is 23.6 Å². The summed E-state index contributed by atoms with van der Waals surface area (Å²) >= 11 is 0. The maximum atomic E-state index is 12.4. The molecule has 0 aliphatic carbocycles. The number of oxazole rings is 1. The van der Waals surface area contributed by atoms with Crippen LogP contribution in [0.2, 0.25) is 0 Å². The predicted octanol–water partition coefficient (Wildman–Crippen LogP) is 3.80. The van der Waals surface area contributed by atoms with Gasteiger partial charge in [0.25, 0.3) is 5.91 Å². The van der Waals surface area contributed by atoms with Gasteiger partial charge in [-0.2, -0.15) is 0 Å². The van der Waals surface area contributed by atoms with Gasteiger partial charge in [0.1, 0.15) is 5.71 Å². The Morgan fingerprint density at radius 1 is 1.08 bits per heavy atom. The third kappa shape index (κ3) is 3.28. The molecule has 1 amide bonds. The molecule has 1 N–H and O–H groups in total. The summed E-state index contributed by atoms with van der Waals surface area (Å²) in [5, 5.41) is 6.76. The molecule has 4 rings (SSSR count). The number of oxime groups is 1. The molecule has 124 valence electrons. The summed E-state index contributed by atoms with van der Waals surface area (Å²) in [5.74, 6) is 0.419. The van der Waals surface area contributed by atoms with Gasteiger partial charge in [0.15, 0.2) is 18.3 Å². The largest absolute Gasteiger partial charge is 0.444 e. The average molecular weight is 333 g/mol. The lowest BCUT2D eigenvalue weighted by molar-refractivity contribution is -0.110. The van der Waals surface area contributed by atoms with Crippen molar-refractivity contribution >= 4 is 17.3 Å². The van der Waals surface area contributed by atoms with Crippen LogP contribution in [0.1, 0.15) is 18.1 Å². The standard InChI is InChI=1S/C19H15N3O3/c23-19(16-10-17(25-22-16)13-4-2-1-3-5-13)21-15-8-6-14(7-9-15)18-11-20-12-24-18/h1-9,11-12,17H,10H2,(H,21,23)/t17-/m1/s1. The van der Waals surface area contributed by atoms with E-state index in [1.54, 1.807) is 18.3 Å². The van der Waals surface area contributed by atoms with Gasteiger partial charge in [-0.1, -0.05) is 35.5 Å². The molecule has 1 aliphatic rings. The fourth-order valence-corrected chi connectivity index (χ4v) is 2.64. The normalized spacial score (nSPS) is 16.2. The molecule has 0 saturated carbocycles. The van der Waals surface area contributed by atoms with E-state index in [4.69, 9.17) is 9.25 Å². The van der Waals surface area contributed by atoms with Gasteiger partial charge in [0, 0.05) is 17.7 Å². The maximum absolute atomic E-state index is 12.4. The molecule has 6 heteroatoms. The molecule has 0 spiro atoms. The fourth-order valence-electron chi connectivity index (χ4n) is 2.64. The van der Waals surface area contributed by atoms with Crippen LogP contribution < -0.4 is 5.32 Å². The highest BCUT2D eigenvalue weighted by Crippen LogP contribution is 2.27. The van der Waals surface area contributed by atoms with Crippen LogP contribution in [0, 0.1) is 0 Å². The van der Waals surface area contributed by atoms with Crippen molar-refractivity contribution in [1.82, 2.24) is 4.98 Å². The van der Waals surface area contributed by atoms with Crippen molar-refractivity contribution < 1.29 is 14.0 Å². The smallest absolute Gasteiger partial charge is 0.273 e. The minimum atomic E-state index is -0.258. The van der Waals surface area contributed by atoms with Crippen LogP contribution in [0.4, 0.5) is 5.69 Å². The number of rotatable bonds is 4. The van der Waals surface area contributed by atoms with Crippen LogP contribution in [-0.2, 0) is 9.63 Å². The molecule has 0 radical (unpaired) electrons. The molecule has 0 unspecified atom stereocenters. The van der Waals surface area contributed by atoms with E-state index >= 15 is 0 Å². The minimum Gasteiger partial charge on any atom is -0.444 e. The van der Waals surface area contributed by atoms with E-state index in [9.17, 15) is 4.79 Å². The molecule has 6 nitrogen and oxygen atoms in total. The second-order valence-corrected chi connectivity index (χ2v) is 5.64. The highest BCUT2D eigenvalue weighted by atomic mass is 16.6. The summed E-state index contributed by atoms with van der Waals surface area (Å²) in [6.45, 7) is 0. The number of anilines is 1. The van der Waals surface area contributed by atoms with E-state index in [1.807, 2.05) is 42.5 Å². The molecule has 1 aromatic heterocycles. The molecule has 2 aromatic carbocycles. The Hall–Kier alpha value is -3.41. The van der Waals surface area contributed by atoms with E-state index in [1.165, 1.54) is 6.39 Å². The fraction of sp³-hybridized carbons (Fsp3) is 0.105. The number of benzene rings is 2. The molecule has 1 atom stereocenters. The van der Waals surface area contributed by atoms with Crippen molar-refractivity contribution in [3.05, 3.63) is 72.8 Å². The van der Waals surface area contributed by atoms with Crippen LogP contribution in [0.3, 0.4) is 0 Å². The van der Waals surface area contributed by atoms with Gasteiger partial charge in [-0.15, -0.1) is 0 Å². The van der Waals surface area contributed by atoms with Crippen molar-refractivity contribution in [2.24, 2.45) is 5.16 Å². The van der Waals surface area contributed by atoms with Crippen molar-refractivity contribution in [2.75, 3.05) is 5.32 Å². The molecule has 2 heterocycles. The monoisotopic (exact) mass is 333 g/mol. The van der Waals surface area contributed by atoms with Crippen LogP contribution in [-0.4, -0.2) is 16.6 Å². The van der Waals surface area contributed by atoms with Crippen LogP contribution >= 0.6 is 0 Å².